The van der Waals surface area contributed by atoms with Crippen molar-refractivity contribution in [3.8, 4) is 17.2 Å². The van der Waals surface area contributed by atoms with E-state index >= 15 is 0 Å². The Balaban J connectivity index is 0.00000274. The van der Waals surface area contributed by atoms with E-state index in [1.54, 1.807) is 13.2 Å². The van der Waals surface area contributed by atoms with Crippen molar-refractivity contribution in [1.82, 2.24) is 14.8 Å². The molecular formula is C26H32ClN3O4. The van der Waals surface area contributed by atoms with Crippen LogP contribution in [0.3, 0.4) is 0 Å². The summed E-state index contributed by atoms with van der Waals surface area (Å²) >= 11 is 0. The van der Waals surface area contributed by atoms with Gasteiger partial charge < -0.3 is 29.0 Å². The van der Waals surface area contributed by atoms with Gasteiger partial charge in [0.1, 0.15) is 19.0 Å². The standard InChI is InChI=1S/C26H31N3O4.ClH/c1-31-23-4-2-3-20-6-8-25(30)29(26(20)23)14-13-28-11-9-21(10-12-28)27-18-19-5-7-22-24(17-19)33-16-15-32-22;/h2-8,17,21,27H,9-16,18H2,1H3;1H. The Labute approximate surface area is 206 Å². The van der Waals surface area contributed by atoms with E-state index in [1.165, 1.54) is 5.56 Å². The van der Waals surface area contributed by atoms with Gasteiger partial charge in [-0.3, -0.25) is 4.79 Å². The van der Waals surface area contributed by atoms with Crippen molar-refractivity contribution in [1.29, 1.82) is 0 Å². The second-order valence-corrected chi connectivity index (χ2v) is 8.70. The Kier molecular flexibility index (Phi) is 7.98. The molecule has 34 heavy (non-hydrogen) atoms. The number of piperidine rings is 1. The number of pyridine rings is 1. The van der Waals surface area contributed by atoms with Gasteiger partial charge in [0.25, 0.3) is 5.56 Å². The molecule has 2 aliphatic rings. The lowest BCUT2D eigenvalue weighted by Crippen LogP contribution is -2.43. The SMILES string of the molecule is COc1cccc2ccc(=O)n(CCN3CCC(NCc4ccc5c(c4)OCCO5)CC3)c12.Cl. The molecule has 0 spiro atoms. The van der Waals surface area contributed by atoms with Crippen LogP contribution in [0.5, 0.6) is 17.2 Å². The first-order valence-electron chi connectivity index (χ1n) is 11.7. The number of nitrogens with zero attached hydrogens (tertiary/aromatic N) is 2. The normalized spacial score (nSPS) is 16.3. The lowest BCUT2D eigenvalue weighted by Gasteiger charge is -2.32. The molecule has 0 atom stereocenters. The van der Waals surface area contributed by atoms with Crippen molar-refractivity contribution in [2.75, 3.05) is 40.0 Å². The Morgan fingerprint density at radius 2 is 1.79 bits per heavy atom. The number of ether oxygens (including phenoxy) is 3. The molecule has 8 heteroatoms. The van der Waals surface area contributed by atoms with E-state index in [2.05, 4.69) is 22.3 Å². The maximum absolute atomic E-state index is 12.6. The third-order valence-corrected chi connectivity index (χ3v) is 6.62. The first kappa shape index (κ1) is 24.4. The van der Waals surface area contributed by atoms with Gasteiger partial charge in [-0.05, 0) is 55.8 Å². The van der Waals surface area contributed by atoms with Crippen molar-refractivity contribution in [2.24, 2.45) is 0 Å². The fourth-order valence-electron chi connectivity index (χ4n) is 4.77. The first-order chi connectivity index (χ1) is 16.2. The molecule has 3 heterocycles. The third kappa shape index (κ3) is 5.32. The number of hydrogen-bond donors (Lipinski definition) is 1. The number of fused-ring (bicyclic) bond motifs is 2. The van der Waals surface area contributed by atoms with Crippen molar-refractivity contribution >= 4 is 23.3 Å². The molecule has 0 unspecified atom stereocenters. The van der Waals surface area contributed by atoms with Gasteiger partial charge in [-0.1, -0.05) is 18.2 Å². The minimum Gasteiger partial charge on any atom is -0.495 e. The number of para-hydroxylation sites is 1. The number of rotatable bonds is 7. The second kappa shape index (κ2) is 11.1. The van der Waals surface area contributed by atoms with E-state index in [9.17, 15) is 4.79 Å². The molecule has 0 aliphatic carbocycles. The fraction of sp³-hybridized carbons (Fsp3) is 0.423. The zero-order valence-corrected chi connectivity index (χ0v) is 20.3. The topological polar surface area (TPSA) is 65.0 Å². The smallest absolute Gasteiger partial charge is 0.251 e. The number of hydrogen-bond acceptors (Lipinski definition) is 6. The molecule has 0 amide bonds. The van der Waals surface area contributed by atoms with E-state index in [-0.39, 0.29) is 18.0 Å². The minimum absolute atomic E-state index is 0. The van der Waals surface area contributed by atoms with Crippen LogP contribution in [0, 0.1) is 0 Å². The van der Waals surface area contributed by atoms with Gasteiger partial charge in [-0.15, -0.1) is 12.4 Å². The molecule has 1 fully saturated rings. The molecule has 1 N–H and O–H groups in total. The largest absolute Gasteiger partial charge is 0.495 e. The molecule has 1 aromatic heterocycles. The van der Waals surface area contributed by atoms with Crippen LogP contribution in [0.15, 0.2) is 53.3 Å². The van der Waals surface area contributed by atoms with Gasteiger partial charge in [-0.25, -0.2) is 0 Å². The minimum atomic E-state index is 0. The first-order valence-corrected chi connectivity index (χ1v) is 11.7. The number of benzene rings is 2. The molecule has 0 saturated carbocycles. The summed E-state index contributed by atoms with van der Waals surface area (Å²) in [7, 11) is 1.65. The number of methoxy groups -OCH3 is 1. The molecule has 182 valence electrons. The molecule has 0 radical (unpaired) electrons. The fourth-order valence-corrected chi connectivity index (χ4v) is 4.77. The van der Waals surface area contributed by atoms with Crippen LogP contribution >= 0.6 is 12.4 Å². The Bertz CT molecular complexity index is 1170. The number of nitrogens with one attached hydrogen (secondary N) is 1. The molecule has 7 nitrogen and oxygen atoms in total. The number of aromatic nitrogens is 1. The van der Waals surface area contributed by atoms with Crippen LogP contribution in [0.4, 0.5) is 0 Å². The van der Waals surface area contributed by atoms with Crippen molar-refractivity contribution in [3.05, 3.63) is 64.4 Å². The predicted octanol–water partition coefficient (Wildman–Crippen LogP) is 3.46. The summed E-state index contributed by atoms with van der Waals surface area (Å²) in [5.41, 5.74) is 2.11. The van der Waals surface area contributed by atoms with E-state index in [4.69, 9.17) is 14.2 Å². The molecule has 2 aliphatic heterocycles. The highest BCUT2D eigenvalue weighted by molar-refractivity contribution is 5.85. The van der Waals surface area contributed by atoms with Gasteiger partial charge in [0.2, 0.25) is 0 Å². The number of halogens is 1. The van der Waals surface area contributed by atoms with Gasteiger partial charge in [0.05, 0.1) is 12.6 Å². The van der Waals surface area contributed by atoms with Crippen LogP contribution in [-0.2, 0) is 13.1 Å². The van der Waals surface area contributed by atoms with E-state index in [1.807, 2.05) is 34.9 Å². The van der Waals surface area contributed by atoms with E-state index in [0.717, 1.165) is 67.2 Å². The van der Waals surface area contributed by atoms with E-state index < -0.39 is 0 Å². The lowest BCUT2D eigenvalue weighted by molar-refractivity contribution is 0.171. The van der Waals surface area contributed by atoms with Gasteiger partial charge in [-0.2, -0.15) is 0 Å². The van der Waals surface area contributed by atoms with Crippen LogP contribution in [0.25, 0.3) is 10.9 Å². The number of likely N-dealkylation sites (tertiary alicyclic amines) is 1. The van der Waals surface area contributed by atoms with Crippen LogP contribution in [0.2, 0.25) is 0 Å². The second-order valence-electron chi connectivity index (χ2n) is 8.70. The predicted molar refractivity (Wildman–Crippen MR) is 136 cm³/mol. The van der Waals surface area contributed by atoms with Gasteiger partial charge >= 0.3 is 0 Å². The van der Waals surface area contributed by atoms with Crippen molar-refractivity contribution < 1.29 is 14.2 Å². The average Bonchev–Trinajstić information content (AvgIpc) is 2.87. The monoisotopic (exact) mass is 485 g/mol. The maximum Gasteiger partial charge on any atom is 0.251 e. The van der Waals surface area contributed by atoms with E-state index in [0.29, 0.717) is 25.8 Å². The third-order valence-electron chi connectivity index (χ3n) is 6.62. The molecule has 1 saturated heterocycles. The summed E-state index contributed by atoms with van der Waals surface area (Å²) in [6.07, 6.45) is 2.19. The quantitative estimate of drug-likeness (QED) is 0.553. The maximum atomic E-state index is 12.6. The molecule has 2 aromatic carbocycles. The summed E-state index contributed by atoms with van der Waals surface area (Å²) in [6, 6.07) is 16.1. The Morgan fingerprint density at radius 3 is 2.59 bits per heavy atom. The highest BCUT2D eigenvalue weighted by Gasteiger charge is 2.20. The van der Waals surface area contributed by atoms with Crippen molar-refractivity contribution in [2.45, 2.75) is 32.0 Å². The summed E-state index contributed by atoms with van der Waals surface area (Å²) in [6.45, 7) is 5.61. The van der Waals surface area contributed by atoms with Crippen LogP contribution in [-0.4, -0.2) is 55.5 Å². The highest BCUT2D eigenvalue weighted by Crippen LogP contribution is 2.30. The molecular weight excluding hydrogens is 454 g/mol. The van der Waals surface area contributed by atoms with Crippen LogP contribution < -0.4 is 25.1 Å². The van der Waals surface area contributed by atoms with Crippen molar-refractivity contribution in [3.63, 3.8) is 0 Å². The zero-order chi connectivity index (χ0) is 22.6. The molecule has 5 rings (SSSR count). The Morgan fingerprint density at radius 1 is 1.00 bits per heavy atom. The Hall–Kier alpha value is -2.74. The zero-order valence-electron chi connectivity index (χ0n) is 19.5. The summed E-state index contributed by atoms with van der Waals surface area (Å²) in [5.74, 6) is 2.42. The summed E-state index contributed by atoms with van der Waals surface area (Å²) in [4.78, 5) is 15.0. The van der Waals surface area contributed by atoms with Gasteiger partial charge in [0, 0.05) is 37.1 Å². The van der Waals surface area contributed by atoms with Gasteiger partial charge in [0.15, 0.2) is 11.5 Å². The molecule has 3 aromatic rings. The summed E-state index contributed by atoms with van der Waals surface area (Å²) < 4.78 is 18.7. The molecule has 0 bridgehead atoms. The summed E-state index contributed by atoms with van der Waals surface area (Å²) in [5, 5.41) is 4.72. The highest BCUT2D eigenvalue weighted by atomic mass is 35.5. The average molecular weight is 486 g/mol. The lowest BCUT2D eigenvalue weighted by atomic mass is 10.0. The van der Waals surface area contributed by atoms with Crippen LogP contribution in [0.1, 0.15) is 18.4 Å².